The lowest BCUT2D eigenvalue weighted by Crippen LogP contribution is -2.48. The number of urea groups is 1. The highest BCUT2D eigenvalue weighted by atomic mass is 16.6. The first-order chi connectivity index (χ1) is 12.1. The molecule has 8 nitrogen and oxygen atoms in total. The average Bonchev–Trinajstić information content (AvgIpc) is 2.99. The monoisotopic (exact) mass is 349 g/mol. The van der Waals surface area contributed by atoms with Crippen LogP contribution in [0.5, 0.6) is 11.5 Å². The van der Waals surface area contributed by atoms with E-state index in [1.807, 2.05) is 13.0 Å². The lowest BCUT2D eigenvalue weighted by molar-refractivity contribution is -0.117. The van der Waals surface area contributed by atoms with E-state index in [-0.39, 0.29) is 37.0 Å². The Bertz CT molecular complexity index is 647. The molecule has 1 saturated heterocycles. The molecule has 0 aliphatic carbocycles. The van der Waals surface area contributed by atoms with Crippen LogP contribution in [0.1, 0.15) is 19.8 Å². The van der Waals surface area contributed by atoms with Crippen molar-refractivity contribution in [3.63, 3.8) is 0 Å². The maximum atomic E-state index is 12.3. The number of anilines is 1. The zero-order chi connectivity index (χ0) is 17.8. The third-order valence-corrected chi connectivity index (χ3v) is 4.35. The number of benzene rings is 1. The van der Waals surface area contributed by atoms with Crippen LogP contribution in [0, 0.1) is 0 Å². The van der Waals surface area contributed by atoms with Crippen LogP contribution >= 0.6 is 0 Å². The predicted molar refractivity (Wildman–Crippen MR) is 91.0 cm³/mol. The van der Waals surface area contributed by atoms with E-state index in [2.05, 4.69) is 10.6 Å². The van der Waals surface area contributed by atoms with Crippen molar-refractivity contribution in [2.75, 3.05) is 31.3 Å². The summed E-state index contributed by atoms with van der Waals surface area (Å²) in [5.41, 5.74) is 0.723. The molecule has 3 rings (SSSR count). The van der Waals surface area contributed by atoms with E-state index in [1.54, 1.807) is 17.0 Å². The van der Waals surface area contributed by atoms with E-state index < -0.39 is 0 Å². The Morgan fingerprint density at radius 3 is 2.84 bits per heavy atom. The fraction of sp³-hybridized carbons (Fsp3) is 0.529. The Hall–Kier alpha value is -2.48. The molecule has 25 heavy (non-hydrogen) atoms. The van der Waals surface area contributed by atoms with E-state index >= 15 is 0 Å². The summed E-state index contributed by atoms with van der Waals surface area (Å²) in [4.78, 5) is 25.9. The fourth-order valence-corrected chi connectivity index (χ4v) is 2.94. The van der Waals surface area contributed by atoms with Gasteiger partial charge in [-0.3, -0.25) is 4.79 Å². The van der Waals surface area contributed by atoms with Gasteiger partial charge in [-0.15, -0.1) is 0 Å². The van der Waals surface area contributed by atoms with Crippen molar-refractivity contribution in [2.45, 2.75) is 31.8 Å². The number of fused-ring (bicyclic) bond motifs is 1. The summed E-state index contributed by atoms with van der Waals surface area (Å²) in [6.07, 6.45) is 0.870. The van der Waals surface area contributed by atoms with Gasteiger partial charge in [0.15, 0.2) is 11.5 Å². The molecule has 136 valence electrons. The van der Waals surface area contributed by atoms with Gasteiger partial charge < -0.3 is 30.1 Å². The van der Waals surface area contributed by atoms with Crippen LogP contribution in [-0.4, -0.2) is 55.5 Å². The summed E-state index contributed by atoms with van der Waals surface area (Å²) in [6, 6.07) is 4.45. The van der Waals surface area contributed by atoms with Crippen molar-refractivity contribution < 1.29 is 24.2 Å². The molecular weight excluding hydrogens is 326 g/mol. The normalized spacial score (nSPS) is 20.3. The average molecular weight is 349 g/mol. The number of hydrogen-bond acceptors (Lipinski definition) is 5. The number of aliphatic hydroxyl groups excluding tert-OH is 1. The predicted octanol–water partition coefficient (Wildman–Crippen LogP) is 0.633. The molecule has 0 bridgehead atoms. The molecule has 2 heterocycles. The molecule has 0 radical (unpaired) electrons. The van der Waals surface area contributed by atoms with E-state index in [0.717, 1.165) is 5.69 Å². The van der Waals surface area contributed by atoms with Gasteiger partial charge in [-0.25, -0.2) is 4.79 Å². The van der Waals surface area contributed by atoms with Gasteiger partial charge in [0.1, 0.15) is 13.2 Å². The third kappa shape index (κ3) is 3.96. The smallest absolute Gasteiger partial charge is 0.315 e. The minimum Gasteiger partial charge on any atom is -0.486 e. The van der Waals surface area contributed by atoms with Crippen molar-refractivity contribution in [1.82, 2.24) is 10.6 Å². The molecule has 0 saturated carbocycles. The summed E-state index contributed by atoms with van der Waals surface area (Å²) in [5.74, 6) is 1.24. The van der Waals surface area contributed by atoms with E-state index in [0.29, 0.717) is 37.7 Å². The third-order valence-electron chi connectivity index (χ3n) is 4.35. The molecule has 0 spiro atoms. The molecule has 1 aromatic rings. The Labute approximate surface area is 146 Å². The van der Waals surface area contributed by atoms with Crippen LogP contribution in [0.15, 0.2) is 18.2 Å². The number of carbonyl (C=O) groups excluding carboxylic acids is 2. The first-order valence-corrected chi connectivity index (χ1v) is 8.48. The maximum absolute atomic E-state index is 12.3. The second-order valence-corrected chi connectivity index (χ2v) is 6.14. The lowest BCUT2D eigenvalue weighted by atomic mass is 10.2. The Morgan fingerprint density at radius 2 is 2.12 bits per heavy atom. The molecule has 1 fully saturated rings. The van der Waals surface area contributed by atoms with Crippen molar-refractivity contribution in [3.05, 3.63) is 18.2 Å². The van der Waals surface area contributed by atoms with E-state index in [4.69, 9.17) is 14.6 Å². The second-order valence-electron chi connectivity index (χ2n) is 6.14. The van der Waals surface area contributed by atoms with Crippen LogP contribution in [0.3, 0.4) is 0 Å². The first kappa shape index (κ1) is 17.3. The molecular formula is C17H23N3O5. The van der Waals surface area contributed by atoms with Crippen LogP contribution in [0.2, 0.25) is 0 Å². The van der Waals surface area contributed by atoms with Crippen molar-refractivity contribution in [2.24, 2.45) is 0 Å². The zero-order valence-corrected chi connectivity index (χ0v) is 14.2. The number of aliphatic hydroxyl groups is 1. The standard InChI is InChI=1S/C17H23N3O5/c1-2-11(10-21)18-17(23)19-12-7-16(22)20(9-12)13-3-4-14-15(8-13)25-6-5-24-14/h3-4,8,11-12,21H,2,5-7,9-10H2,1H3,(H2,18,19,23)/t11-,12+/m1/s1. The van der Waals surface area contributed by atoms with Gasteiger partial charge in [0, 0.05) is 24.7 Å². The molecule has 3 amide bonds. The molecule has 2 aliphatic heterocycles. The Morgan fingerprint density at radius 1 is 1.36 bits per heavy atom. The summed E-state index contributed by atoms with van der Waals surface area (Å²) >= 11 is 0. The van der Waals surface area contributed by atoms with Gasteiger partial charge in [-0.05, 0) is 18.6 Å². The number of carbonyl (C=O) groups is 2. The first-order valence-electron chi connectivity index (χ1n) is 8.48. The molecule has 3 N–H and O–H groups in total. The van der Waals surface area contributed by atoms with Gasteiger partial charge in [0.2, 0.25) is 5.91 Å². The summed E-state index contributed by atoms with van der Waals surface area (Å²) in [7, 11) is 0. The van der Waals surface area contributed by atoms with E-state index in [9.17, 15) is 9.59 Å². The molecule has 2 atom stereocenters. The highest BCUT2D eigenvalue weighted by molar-refractivity contribution is 5.97. The quantitative estimate of drug-likeness (QED) is 0.724. The number of rotatable bonds is 5. The number of nitrogens with zero attached hydrogens (tertiary/aromatic N) is 1. The number of hydrogen-bond donors (Lipinski definition) is 3. The largest absolute Gasteiger partial charge is 0.486 e. The van der Waals surface area contributed by atoms with Gasteiger partial charge in [0.05, 0.1) is 18.7 Å². The van der Waals surface area contributed by atoms with Crippen molar-refractivity contribution in [1.29, 1.82) is 0 Å². The highest BCUT2D eigenvalue weighted by Crippen LogP contribution is 2.35. The van der Waals surface area contributed by atoms with Crippen molar-refractivity contribution in [3.8, 4) is 11.5 Å². The summed E-state index contributed by atoms with van der Waals surface area (Å²) in [5, 5.41) is 14.6. The SMILES string of the molecule is CC[C@H](CO)NC(=O)N[C@H]1CC(=O)N(c2ccc3c(c2)OCCO3)C1. The van der Waals surface area contributed by atoms with Gasteiger partial charge >= 0.3 is 6.03 Å². The Balaban J connectivity index is 1.62. The van der Waals surface area contributed by atoms with Crippen molar-refractivity contribution >= 4 is 17.6 Å². The summed E-state index contributed by atoms with van der Waals surface area (Å²) < 4.78 is 11.0. The fourth-order valence-electron chi connectivity index (χ4n) is 2.94. The summed E-state index contributed by atoms with van der Waals surface area (Å²) in [6.45, 7) is 3.16. The molecule has 8 heteroatoms. The molecule has 0 unspecified atom stereocenters. The molecule has 0 aromatic heterocycles. The van der Waals surface area contributed by atoms with Gasteiger partial charge in [-0.2, -0.15) is 0 Å². The van der Waals surface area contributed by atoms with E-state index in [1.165, 1.54) is 0 Å². The molecule has 2 aliphatic rings. The maximum Gasteiger partial charge on any atom is 0.315 e. The van der Waals surface area contributed by atoms with Gasteiger partial charge in [-0.1, -0.05) is 6.92 Å². The lowest BCUT2D eigenvalue weighted by Gasteiger charge is -2.22. The number of nitrogens with one attached hydrogen (secondary N) is 2. The zero-order valence-electron chi connectivity index (χ0n) is 14.2. The van der Waals surface area contributed by atoms with Crippen LogP contribution in [-0.2, 0) is 4.79 Å². The minimum absolute atomic E-state index is 0.0591. The van der Waals surface area contributed by atoms with Gasteiger partial charge in [0.25, 0.3) is 0 Å². The van der Waals surface area contributed by atoms with Crippen LogP contribution in [0.25, 0.3) is 0 Å². The number of amides is 3. The Kier molecular flexibility index (Phi) is 5.28. The van der Waals surface area contributed by atoms with Crippen LogP contribution < -0.4 is 25.0 Å². The second kappa shape index (κ2) is 7.60. The minimum atomic E-state index is -0.372. The number of ether oxygens (including phenoxy) is 2. The topological polar surface area (TPSA) is 100 Å². The molecule has 1 aromatic carbocycles. The van der Waals surface area contributed by atoms with Crippen LogP contribution in [0.4, 0.5) is 10.5 Å². The highest BCUT2D eigenvalue weighted by Gasteiger charge is 2.32.